The van der Waals surface area contributed by atoms with Gasteiger partial charge in [-0.05, 0) is 37.6 Å². The first-order valence-electron chi connectivity index (χ1n) is 11.8. The van der Waals surface area contributed by atoms with Crippen molar-refractivity contribution in [1.29, 1.82) is 0 Å². The van der Waals surface area contributed by atoms with Crippen molar-refractivity contribution in [2.24, 2.45) is 0 Å². The van der Waals surface area contributed by atoms with Crippen LogP contribution < -0.4 is 10.5 Å². The monoisotopic (exact) mass is 494 g/mol. The summed E-state index contributed by atoms with van der Waals surface area (Å²) in [4.78, 5) is 25.1. The molecule has 0 bridgehead atoms. The highest BCUT2D eigenvalue weighted by Gasteiger charge is 2.27. The van der Waals surface area contributed by atoms with Crippen LogP contribution in [0.4, 0.5) is 10.2 Å². The topological polar surface area (TPSA) is 78.1 Å². The van der Waals surface area contributed by atoms with Gasteiger partial charge < -0.3 is 9.64 Å². The zero-order chi connectivity index (χ0) is 24.1. The largest absolute Gasteiger partial charge is 0.370 e. The zero-order valence-corrected chi connectivity index (χ0v) is 20.0. The summed E-state index contributed by atoms with van der Waals surface area (Å²) in [6.45, 7) is 5.08. The number of hydrogen-bond acceptors (Lipinski definition) is 6. The molecule has 0 aliphatic carbocycles. The lowest BCUT2D eigenvalue weighted by Gasteiger charge is -2.33. The van der Waals surface area contributed by atoms with Crippen LogP contribution in [0.3, 0.4) is 0 Å². The Kier molecular flexibility index (Phi) is 5.53. The quantitative estimate of drug-likeness (QED) is 0.427. The lowest BCUT2D eigenvalue weighted by molar-refractivity contribution is 0.0395. The molecular weight excluding hydrogens is 471 g/mol. The van der Waals surface area contributed by atoms with Crippen LogP contribution in [0.2, 0.25) is 5.02 Å². The predicted molar refractivity (Wildman–Crippen MR) is 131 cm³/mol. The molecule has 6 rings (SSSR count). The predicted octanol–water partition coefficient (Wildman–Crippen LogP) is 3.99. The maximum Gasteiger partial charge on any atom is 0.261 e. The maximum absolute atomic E-state index is 15.1. The zero-order valence-electron chi connectivity index (χ0n) is 19.2. The van der Waals surface area contributed by atoms with Gasteiger partial charge in [-0.15, -0.1) is 0 Å². The van der Waals surface area contributed by atoms with E-state index < -0.39 is 5.82 Å². The van der Waals surface area contributed by atoms with Gasteiger partial charge in [0.25, 0.3) is 5.56 Å². The van der Waals surface area contributed by atoms with Crippen molar-refractivity contribution in [1.82, 2.24) is 24.3 Å². The van der Waals surface area contributed by atoms with E-state index in [-0.39, 0.29) is 17.2 Å². The summed E-state index contributed by atoms with van der Waals surface area (Å²) in [6, 6.07) is 6.26. The molecular formula is C25H24ClFN6O2. The van der Waals surface area contributed by atoms with Crippen molar-refractivity contribution >= 4 is 28.3 Å². The summed E-state index contributed by atoms with van der Waals surface area (Å²) < 4.78 is 24.6. The second-order valence-electron chi connectivity index (χ2n) is 8.87. The third kappa shape index (κ3) is 3.88. The van der Waals surface area contributed by atoms with Crippen molar-refractivity contribution in [2.45, 2.75) is 39.0 Å². The number of rotatable bonds is 4. The highest BCUT2D eigenvalue weighted by Crippen LogP contribution is 2.33. The Labute approximate surface area is 205 Å². The Morgan fingerprint density at radius 2 is 2.11 bits per heavy atom. The smallest absolute Gasteiger partial charge is 0.261 e. The lowest BCUT2D eigenvalue weighted by Crippen LogP contribution is -2.39. The van der Waals surface area contributed by atoms with Gasteiger partial charge in [-0.3, -0.25) is 14.0 Å². The molecule has 1 atom stereocenters. The van der Waals surface area contributed by atoms with Crippen LogP contribution in [0.5, 0.6) is 0 Å². The number of benzene rings is 1. The van der Waals surface area contributed by atoms with Gasteiger partial charge in [0.2, 0.25) is 0 Å². The molecule has 1 fully saturated rings. The maximum atomic E-state index is 15.1. The average Bonchev–Trinajstić information content (AvgIpc) is 3.54. The number of nitrogens with zero attached hydrogens (tertiary/aromatic N) is 6. The van der Waals surface area contributed by atoms with Crippen molar-refractivity contribution in [3.8, 4) is 11.3 Å². The Balaban J connectivity index is 1.49. The first kappa shape index (κ1) is 22.2. The fourth-order valence-corrected chi connectivity index (χ4v) is 5.04. The van der Waals surface area contributed by atoms with Crippen molar-refractivity contribution in [2.75, 3.05) is 24.6 Å². The summed E-state index contributed by atoms with van der Waals surface area (Å²) in [5.41, 5.74) is 1.91. The summed E-state index contributed by atoms with van der Waals surface area (Å²) >= 11 is 6.01. The van der Waals surface area contributed by atoms with E-state index in [0.29, 0.717) is 65.9 Å². The van der Waals surface area contributed by atoms with Gasteiger partial charge >= 0.3 is 0 Å². The molecule has 2 aliphatic rings. The normalized spacial score (nSPS) is 17.8. The molecule has 35 heavy (non-hydrogen) atoms. The average molecular weight is 495 g/mol. The Bertz CT molecular complexity index is 1500. The molecule has 10 heteroatoms. The molecule has 180 valence electrons. The fourth-order valence-electron chi connectivity index (χ4n) is 4.88. The highest BCUT2D eigenvalue weighted by atomic mass is 35.5. The SMILES string of the molecule is CCn1cc([C@H]2CN(c3cc4c(=O)n5c(nc4c(-c4ccc(Cl)cc4F)n3)CCC5)CCO2)cn1. The fraction of sp³-hybridized carbons (Fsp3) is 0.360. The van der Waals surface area contributed by atoms with E-state index in [1.807, 2.05) is 24.0 Å². The van der Waals surface area contributed by atoms with Crippen LogP contribution >= 0.6 is 11.6 Å². The summed E-state index contributed by atoms with van der Waals surface area (Å²) in [6.07, 6.45) is 5.19. The van der Waals surface area contributed by atoms with Gasteiger partial charge in [0, 0.05) is 54.9 Å². The minimum atomic E-state index is -0.502. The molecule has 0 N–H and O–H groups in total. The minimum Gasteiger partial charge on any atom is -0.370 e. The number of fused-ring (bicyclic) bond motifs is 2. The molecule has 3 aromatic heterocycles. The van der Waals surface area contributed by atoms with Gasteiger partial charge in [-0.1, -0.05) is 11.6 Å². The number of hydrogen-bond donors (Lipinski definition) is 0. The third-order valence-electron chi connectivity index (χ3n) is 6.72. The number of anilines is 1. The molecule has 0 saturated carbocycles. The van der Waals surface area contributed by atoms with E-state index in [2.05, 4.69) is 10.00 Å². The van der Waals surface area contributed by atoms with E-state index >= 15 is 4.39 Å². The van der Waals surface area contributed by atoms with Crippen LogP contribution in [0.15, 0.2) is 41.5 Å². The number of aryl methyl sites for hydroxylation is 2. The second kappa shape index (κ2) is 8.73. The molecule has 1 aromatic carbocycles. The Morgan fingerprint density at radius 1 is 1.23 bits per heavy atom. The summed E-state index contributed by atoms with van der Waals surface area (Å²) in [7, 11) is 0. The lowest BCUT2D eigenvalue weighted by atomic mass is 10.1. The van der Waals surface area contributed by atoms with E-state index in [9.17, 15) is 4.79 Å². The Morgan fingerprint density at radius 3 is 2.91 bits per heavy atom. The number of ether oxygens (including phenoxy) is 1. The van der Waals surface area contributed by atoms with Gasteiger partial charge in [0.05, 0.1) is 18.2 Å². The third-order valence-corrected chi connectivity index (χ3v) is 6.95. The van der Waals surface area contributed by atoms with Crippen molar-refractivity contribution in [3.05, 3.63) is 69.2 Å². The molecule has 5 heterocycles. The molecule has 0 radical (unpaired) electrons. The Hall–Kier alpha value is -3.30. The molecule has 4 aromatic rings. The molecule has 0 unspecified atom stereocenters. The number of aromatic nitrogens is 5. The van der Waals surface area contributed by atoms with E-state index in [0.717, 1.165) is 18.5 Å². The first-order valence-corrected chi connectivity index (χ1v) is 12.2. The van der Waals surface area contributed by atoms with E-state index in [4.69, 9.17) is 26.3 Å². The van der Waals surface area contributed by atoms with E-state index in [1.165, 1.54) is 6.07 Å². The number of pyridine rings is 1. The van der Waals surface area contributed by atoms with Crippen LogP contribution in [-0.4, -0.2) is 44.0 Å². The highest BCUT2D eigenvalue weighted by molar-refractivity contribution is 6.30. The second-order valence-corrected chi connectivity index (χ2v) is 9.31. The first-order chi connectivity index (χ1) is 17.0. The standard InChI is InChI=1S/C25H24ClFN6O2/c1-2-32-13-15(12-28-32)20-14-31(8-9-35-20)22-11-18-24(29-21-4-3-7-33(21)25(18)34)23(30-22)17-6-5-16(26)10-19(17)27/h5-6,10-13,20H,2-4,7-9,14H2,1H3/t20-/m1/s1. The molecule has 0 amide bonds. The van der Waals surface area contributed by atoms with Crippen LogP contribution in [-0.2, 0) is 24.2 Å². The van der Waals surface area contributed by atoms with Crippen molar-refractivity contribution in [3.63, 3.8) is 0 Å². The summed E-state index contributed by atoms with van der Waals surface area (Å²) in [5.74, 6) is 0.806. The minimum absolute atomic E-state index is 0.115. The molecule has 1 saturated heterocycles. The van der Waals surface area contributed by atoms with Crippen molar-refractivity contribution < 1.29 is 9.13 Å². The van der Waals surface area contributed by atoms with Crippen LogP contribution in [0.1, 0.15) is 30.8 Å². The molecule has 0 spiro atoms. The van der Waals surface area contributed by atoms with Gasteiger partial charge in [-0.2, -0.15) is 5.10 Å². The van der Waals surface area contributed by atoms with Gasteiger partial charge in [0.15, 0.2) is 0 Å². The summed E-state index contributed by atoms with van der Waals surface area (Å²) in [5, 5.41) is 5.09. The van der Waals surface area contributed by atoms with Crippen LogP contribution in [0.25, 0.3) is 22.2 Å². The van der Waals surface area contributed by atoms with E-state index in [1.54, 1.807) is 22.8 Å². The number of halogens is 2. The molecule has 2 aliphatic heterocycles. The molecule has 8 nitrogen and oxygen atoms in total. The van der Waals surface area contributed by atoms with Gasteiger partial charge in [-0.25, -0.2) is 14.4 Å². The van der Waals surface area contributed by atoms with Crippen LogP contribution in [0, 0.1) is 5.82 Å². The van der Waals surface area contributed by atoms with Gasteiger partial charge in [0.1, 0.15) is 34.8 Å². The number of morpholine rings is 1.